The van der Waals surface area contributed by atoms with Crippen LogP contribution in [0.2, 0.25) is 0 Å². The molecule has 36 heavy (non-hydrogen) atoms. The summed E-state index contributed by atoms with van der Waals surface area (Å²) in [5.41, 5.74) is 3.92. The maximum absolute atomic E-state index is 13.3. The fourth-order valence-corrected chi connectivity index (χ4v) is 4.58. The highest BCUT2D eigenvalue weighted by Crippen LogP contribution is 2.24. The number of ether oxygens (including phenoxy) is 1. The van der Waals surface area contributed by atoms with Crippen LogP contribution in [0.3, 0.4) is 0 Å². The van der Waals surface area contributed by atoms with Crippen LogP contribution >= 0.6 is 0 Å². The second-order valence-corrected chi connectivity index (χ2v) is 9.29. The number of likely N-dealkylation sites (tertiary alicyclic amines) is 1. The van der Waals surface area contributed by atoms with Crippen LogP contribution < -0.4 is 10.1 Å². The van der Waals surface area contributed by atoms with E-state index in [-0.39, 0.29) is 18.4 Å². The Morgan fingerprint density at radius 3 is 2.67 bits per heavy atom. The van der Waals surface area contributed by atoms with Gasteiger partial charge >= 0.3 is 0 Å². The van der Waals surface area contributed by atoms with Crippen molar-refractivity contribution in [3.63, 3.8) is 0 Å². The van der Waals surface area contributed by atoms with Gasteiger partial charge in [-0.05, 0) is 49.4 Å². The highest BCUT2D eigenvalue weighted by atomic mass is 16.5. The van der Waals surface area contributed by atoms with E-state index in [0.717, 1.165) is 29.7 Å². The van der Waals surface area contributed by atoms with Crippen molar-refractivity contribution in [2.75, 3.05) is 19.6 Å². The molecular weight excluding hydrogens is 456 g/mol. The number of aromatic nitrogens is 4. The Bertz CT molecular complexity index is 1380. The Labute approximate surface area is 209 Å². The van der Waals surface area contributed by atoms with Crippen LogP contribution in [-0.2, 0) is 13.7 Å². The predicted molar refractivity (Wildman–Crippen MR) is 135 cm³/mol. The second-order valence-electron chi connectivity index (χ2n) is 9.29. The van der Waals surface area contributed by atoms with Crippen LogP contribution in [0.4, 0.5) is 0 Å². The van der Waals surface area contributed by atoms with E-state index in [1.807, 2.05) is 65.0 Å². The first-order valence-corrected chi connectivity index (χ1v) is 12.2. The normalized spacial score (nSPS) is 14.2. The summed E-state index contributed by atoms with van der Waals surface area (Å²) in [5, 5.41) is 7.03. The molecule has 4 heterocycles. The number of piperidine rings is 1. The lowest BCUT2D eigenvalue weighted by atomic mass is 9.96. The molecule has 1 aliphatic heterocycles. The van der Waals surface area contributed by atoms with Crippen LogP contribution in [0.5, 0.6) is 5.75 Å². The molecule has 0 atom stereocenters. The van der Waals surface area contributed by atoms with E-state index in [4.69, 9.17) is 4.74 Å². The van der Waals surface area contributed by atoms with Gasteiger partial charge in [0.25, 0.3) is 11.8 Å². The predicted octanol–water partition coefficient (Wildman–Crippen LogP) is 3.24. The molecule has 9 nitrogen and oxygen atoms in total. The SMILES string of the molecule is Cc1cccn2cc(COc3ccccc3C(=O)N3CCC(CNC(=O)c4cnn(C)c4)CC3)nc12. The van der Waals surface area contributed by atoms with Crippen LogP contribution in [0, 0.1) is 12.8 Å². The number of hydrogen-bond donors (Lipinski definition) is 1. The lowest BCUT2D eigenvalue weighted by Gasteiger charge is -2.32. The maximum Gasteiger partial charge on any atom is 0.257 e. The first-order chi connectivity index (χ1) is 17.5. The number of nitrogens with zero attached hydrogens (tertiary/aromatic N) is 5. The Kier molecular flexibility index (Phi) is 6.71. The number of aryl methyl sites for hydroxylation is 2. The number of amides is 2. The van der Waals surface area contributed by atoms with Crippen molar-refractivity contribution in [2.24, 2.45) is 13.0 Å². The Balaban J connectivity index is 1.16. The fraction of sp³-hybridized carbons (Fsp3) is 0.333. The Hall–Kier alpha value is -4.14. The van der Waals surface area contributed by atoms with Gasteiger partial charge in [0.1, 0.15) is 18.0 Å². The average molecular weight is 487 g/mol. The number of carbonyl (C=O) groups is 2. The molecule has 0 aliphatic carbocycles. The summed E-state index contributed by atoms with van der Waals surface area (Å²) >= 11 is 0. The minimum absolute atomic E-state index is 0.0331. The highest BCUT2D eigenvalue weighted by Gasteiger charge is 2.26. The summed E-state index contributed by atoms with van der Waals surface area (Å²) in [7, 11) is 1.78. The molecule has 9 heteroatoms. The molecule has 186 valence electrons. The van der Waals surface area contributed by atoms with Crippen molar-refractivity contribution in [1.82, 2.24) is 29.4 Å². The molecular formula is C27H30N6O3. The zero-order valence-corrected chi connectivity index (χ0v) is 20.6. The number of nitrogens with one attached hydrogen (secondary N) is 1. The summed E-state index contributed by atoms with van der Waals surface area (Å²) in [6, 6.07) is 11.4. The molecule has 3 aromatic heterocycles. The molecule has 0 radical (unpaired) electrons. The maximum atomic E-state index is 13.3. The van der Waals surface area contributed by atoms with E-state index in [1.54, 1.807) is 24.1 Å². The largest absolute Gasteiger partial charge is 0.486 e. The van der Waals surface area contributed by atoms with Crippen molar-refractivity contribution in [1.29, 1.82) is 0 Å². The van der Waals surface area contributed by atoms with Gasteiger partial charge in [-0.2, -0.15) is 5.10 Å². The van der Waals surface area contributed by atoms with Gasteiger partial charge in [0.05, 0.1) is 23.0 Å². The Morgan fingerprint density at radius 1 is 1.11 bits per heavy atom. The van der Waals surface area contributed by atoms with E-state index >= 15 is 0 Å². The van der Waals surface area contributed by atoms with Crippen molar-refractivity contribution in [2.45, 2.75) is 26.4 Å². The molecule has 1 aromatic carbocycles. The minimum atomic E-state index is -0.117. The van der Waals surface area contributed by atoms with Crippen molar-refractivity contribution >= 4 is 17.5 Å². The van der Waals surface area contributed by atoms with Crippen LogP contribution in [0.1, 0.15) is 44.8 Å². The molecule has 0 unspecified atom stereocenters. The van der Waals surface area contributed by atoms with Gasteiger partial charge in [-0.3, -0.25) is 14.3 Å². The van der Waals surface area contributed by atoms with Gasteiger partial charge in [-0.25, -0.2) is 4.98 Å². The van der Waals surface area contributed by atoms with E-state index in [0.29, 0.717) is 42.4 Å². The molecule has 2 amide bonds. The van der Waals surface area contributed by atoms with Gasteiger partial charge < -0.3 is 19.4 Å². The number of fused-ring (bicyclic) bond motifs is 1. The molecule has 1 N–H and O–H groups in total. The minimum Gasteiger partial charge on any atom is -0.486 e. The molecule has 1 fully saturated rings. The molecule has 0 spiro atoms. The van der Waals surface area contributed by atoms with E-state index in [1.165, 1.54) is 0 Å². The number of para-hydroxylation sites is 1. The van der Waals surface area contributed by atoms with Gasteiger partial charge in [0, 0.05) is 45.3 Å². The zero-order chi connectivity index (χ0) is 25.1. The monoisotopic (exact) mass is 486 g/mol. The van der Waals surface area contributed by atoms with Crippen molar-refractivity contribution in [3.05, 3.63) is 83.6 Å². The highest BCUT2D eigenvalue weighted by molar-refractivity contribution is 5.97. The molecule has 4 aromatic rings. The third-order valence-corrected chi connectivity index (χ3v) is 6.64. The van der Waals surface area contributed by atoms with E-state index in [9.17, 15) is 9.59 Å². The van der Waals surface area contributed by atoms with Gasteiger partial charge in [0.2, 0.25) is 0 Å². The number of benzene rings is 1. The number of hydrogen-bond acceptors (Lipinski definition) is 5. The third kappa shape index (κ3) is 5.10. The summed E-state index contributed by atoms with van der Waals surface area (Å²) < 4.78 is 9.65. The van der Waals surface area contributed by atoms with Gasteiger partial charge in [0.15, 0.2) is 0 Å². The van der Waals surface area contributed by atoms with Crippen molar-refractivity contribution in [3.8, 4) is 5.75 Å². The molecule has 0 saturated carbocycles. The van der Waals surface area contributed by atoms with E-state index in [2.05, 4.69) is 15.4 Å². The lowest BCUT2D eigenvalue weighted by molar-refractivity contribution is 0.0679. The number of carbonyl (C=O) groups excluding carboxylic acids is 2. The third-order valence-electron chi connectivity index (χ3n) is 6.64. The molecule has 0 bridgehead atoms. The average Bonchev–Trinajstić information content (AvgIpc) is 3.53. The number of rotatable bonds is 7. The van der Waals surface area contributed by atoms with Crippen LogP contribution in [0.15, 0.2) is 61.2 Å². The summed E-state index contributed by atoms with van der Waals surface area (Å²) in [6.07, 6.45) is 8.85. The lowest BCUT2D eigenvalue weighted by Crippen LogP contribution is -2.41. The first-order valence-electron chi connectivity index (χ1n) is 12.2. The quantitative estimate of drug-likeness (QED) is 0.433. The summed E-state index contributed by atoms with van der Waals surface area (Å²) in [6.45, 7) is 4.19. The second kappa shape index (κ2) is 10.2. The molecule has 1 saturated heterocycles. The van der Waals surface area contributed by atoms with Crippen LogP contribution in [0.25, 0.3) is 5.65 Å². The summed E-state index contributed by atoms with van der Waals surface area (Å²) in [5.74, 6) is 0.740. The standard InChI is InChI=1S/C27H30N6O3/c1-19-6-5-11-33-17-22(30-25(19)33)18-36-24-8-4-3-7-23(24)27(35)32-12-9-20(10-13-32)14-28-26(34)21-15-29-31(2)16-21/h3-8,11,15-17,20H,9-10,12-14,18H2,1-2H3,(H,28,34). The van der Waals surface area contributed by atoms with Crippen LogP contribution in [-0.4, -0.2) is 55.5 Å². The fourth-order valence-electron chi connectivity index (χ4n) is 4.58. The smallest absolute Gasteiger partial charge is 0.257 e. The summed E-state index contributed by atoms with van der Waals surface area (Å²) in [4.78, 5) is 32.1. The Morgan fingerprint density at radius 2 is 1.92 bits per heavy atom. The first kappa shape index (κ1) is 23.6. The van der Waals surface area contributed by atoms with Gasteiger partial charge in [-0.15, -0.1) is 0 Å². The number of imidazole rings is 1. The van der Waals surface area contributed by atoms with Gasteiger partial charge in [-0.1, -0.05) is 18.2 Å². The topological polar surface area (TPSA) is 93.8 Å². The van der Waals surface area contributed by atoms with Crippen molar-refractivity contribution < 1.29 is 14.3 Å². The van der Waals surface area contributed by atoms with E-state index < -0.39 is 0 Å². The number of pyridine rings is 1. The zero-order valence-electron chi connectivity index (χ0n) is 20.6. The molecule has 5 rings (SSSR count). The molecule has 1 aliphatic rings.